The molecule has 1 amide bonds. The molecule has 1 saturated heterocycles. The van der Waals surface area contributed by atoms with Crippen molar-refractivity contribution in [1.82, 2.24) is 4.90 Å². The highest BCUT2D eigenvalue weighted by molar-refractivity contribution is 5.83. The number of likely N-dealkylation sites (tertiary alicyclic amines) is 1. The number of carbonyl (C=O) groups is 2. The Balaban J connectivity index is 2.54. The predicted octanol–water partition coefficient (Wildman–Crippen LogP) is 1.36. The lowest BCUT2D eigenvalue weighted by Gasteiger charge is -2.32. The van der Waals surface area contributed by atoms with Crippen LogP contribution >= 0.6 is 0 Å². The molecule has 4 nitrogen and oxygen atoms in total. The van der Waals surface area contributed by atoms with Crippen LogP contribution in [0.15, 0.2) is 0 Å². The Labute approximate surface area is 90.3 Å². The zero-order valence-electron chi connectivity index (χ0n) is 9.40. The minimum atomic E-state index is -0.875. The number of hydrogen-bond acceptors (Lipinski definition) is 2. The topological polar surface area (TPSA) is 57.6 Å². The van der Waals surface area contributed by atoms with E-state index < -0.39 is 5.97 Å². The van der Waals surface area contributed by atoms with Crippen molar-refractivity contribution in [3.8, 4) is 0 Å². The first-order chi connectivity index (χ1) is 7.00. The predicted molar refractivity (Wildman–Crippen MR) is 56.4 cm³/mol. The molecule has 1 atom stereocenters. The van der Waals surface area contributed by atoms with Crippen LogP contribution in [0.2, 0.25) is 0 Å². The largest absolute Gasteiger partial charge is 0.481 e. The van der Waals surface area contributed by atoms with E-state index in [-0.39, 0.29) is 18.2 Å². The number of rotatable bonds is 4. The highest BCUT2D eigenvalue weighted by atomic mass is 16.4. The molecule has 86 valence electrons. The summed E-state index contributed by atoms with van der Waals surface area (Å²) < 4.78 is 0. The van der Waals surface area contributed by atoms with E-state index in [9.17, 15) is 9.59 Å². The van der Waals surface area contributed by atoms with E-state index in [1.165, 1.54) is 0 Å². The molecule has 15 heavy (non-hydrogen) atoms. The van der Waals surface area contributed by atoms with Crippen LogP contribution in [0, 0.1) is 11.8 Å². The van der Waals surface area contributed by atoms with Crippen molar-refractivity contribution >= 4 is 11.9 Å². The molecule has 0 bridgehead atoms. The van der Waals surface area contributed by atoms with Crippen LogP contribution in [0.3, 0.4) is 0 Å². The maximum absolute atomic E-state index is 11.9. The third-order valence-electron chi connectivity index (χ3n) is 2.65. The van der Waals surface area contributed by atoms with E-state index in [1.54, 1.807) is 0 Å². The van der Waals surface area contributed by atoms with Gasteiger partial charge in [0.05, 0.1) is 6.42 Å². The lowest BCUT2D eigenvalue weighted by molar-refractivity contribution is -0.146. The van der Waals surface area contributed by atoms with Crippen molar-refractivity contribution in [3.05, 3.63) is 0 Å². The van der Waals surface area contributed by atoms with E-state index in [2.05, 4.69) is 13.8 Å². The summed E-state index contributed by atoms with van der Waals surface area (Å²) in [4.78, 5) is 24.2. The van der Waals surface area contributed by atoms with Crippen LogP contribution in [-0.4, -0.2) is 35.0 Å². The van der Waals surface area contributed by atoms with Crippen LogP contribution in [0.4, 0.5) is 0 Å². The SMILES string of the molecule is CC(C)CN1CCCC(CC(=O)O)C1=O. The van der Waals surface area contributed by atoms with Gasteiger partial charge in [-0.15, -0.1) is 0 Å². The third kappa shape index (κ3) is 3.53. The number of hydrogen-bond donors (Lipinski definition) is 1. The molecule has 0 aromatic carbocycles. The van der Waals surface area contributed by atoms with Gasteiger partial charge in [0.25, 0.3) is 0 Å². The lowest BCUT2D eigenvalue weighted by atomic mass is 9.93. The molecular weight excluding hydrogens is 194 g/mol. The first kappa shape index (κ1) is 12.0. The second-order valence-corrected chi connectivity index (χ2v) is 4.62. The summed E-state index contributed by atoms with van der Waals surface area (Å²) in [6.45, 7) is 5.66. The highest BCUT2D eigenvalue weighted by Gasteiger charge is 2.30. The second kappa shape index (κ2) is 5.14. The number of amides is 1. The van der Waals surface area contributed by atoms with Crippen LogP contribution in [0.25, 0.3) is 0 Å². The third-order valence-corrected chi connectivity index (χ3v) is 2.65. The second-order valence-electron chi connectivity index (χ2n) is 4.62. The molecule has 1 aliphatic rings. The van der Waals surface area contributed by atoms with Crippen molar-refractivity contribution in [3.63, 3.8) is 0 Å². The first-order valence-corrected chi connectivity index (χ1v) is 5.51. The minimum Gasteiger partial charge on any atom is -0.481 e. The molecular formula is C11H19NO3. The first-order valence-electron chi connectivity index (χ1n) is 5.51. The lowest BCUT2D eigenvalue weighted by Crippen LogP contribution is -2.43. The number of aliphatic carboxylic acids is 1. The molecule has 0 aromatic heterocycles. The molecule has 0 aromatic rings. The number of carbonyl (C=O) groups excluding carboxylic acids is 1. The van der Waals surface area contributed by atoms with Crippen molar-refractivity contribution in [1.29, 1.82) is 0 Å². The van der Waals surface area contributed by atoms with Gasteiger partial charge in [-0.3, -0.25) is 9.59 Å². The van der Waals surface area contributed by atoms with Crippen molar-refractivity contribution in [2.24, 2.45) is 11.8 Å². The minimum absolute atomic E-state index is 0.0204. The zero-order valence-corrected chi connectivity index (χ0v) is 9.40. The van der Waals surface area contributed by atoms with E-state index in [4.69, 9.17) is 5.11 Å². The fourth-order valence-corrected chi connectivity index (χ4v) is 2.04. The van der Waals surface area contributed by atoms with Gasteiger partial charge >= 0.3 is 5.97 Å². The van der Waals surface area contributed by atoms with Crippen molar-refractivity contribution < 1.29 is 14.7 Å². The monoisotopic (exact) mass is 213 g/mol. The highest BCUT2D eigenvalue weighted by Crippen LogP contribution is 2.21. The molecule has 0 spiro atoms. The Bertz CT molecular complexity index is 250. The Morgan fingerprint density at radius 3 is 2.80 bits per heavy atom. The molecule has 1 heterocycles. The summed E-state index contributed by atoms with van der Waals surface area (Å²) in [5.74, 6) is -0.704. The summed E-state index contributed by atoms with van der Waals surface area (Å²) in [6, 6.07) is 0. The van der Waals surface area contributed by atoms with Gasteiger partial charge in [-0.05, 0) is 18.8 Å². The van der Waals surface area contributed by atoms with Gasteiger partial charge in [0.1, 0.15) is 0 Å². The van der Waals surface area contributed by atoms with Crippen molar-refractivity contribution in [2.45, 2.75) is 33.1 Å². The number of piperidine rings is 1. The summed E-state index contributed by atoms with van der Waals surface area (Å²) in [6.07, 6.45) is 1.63. The average molecular weight is 213 g/mol. The summed E-state index contributed by atoms with van der Waals surface area (Å²) in [5.41, 5.74) is 0. The molecule has 1 aliphatic heterocycles. The molecule has 0 saturated carbocycles. The van der Waals surface area contributed by atoms with Gasteiger partial charge in [0.2, 0.25) is 5.91 Å². The van der Waals surface area contributed by atoms with Gasteiger partial charge in [-0.2, -0.15) is 0 Å². The smallest absolute Gasteiger partial charge is 0.304 e. The molecule has 0 aliphatic carbocycles. The zero-order chi connectivity index (χ0) is 11.4. The fourth-order valence-electron chi connectivity index (χ4n) is 2.04. The van der Waals surface area contributed by atoms with E-state index in [0.717, 1.165) is 25.9 Å². The van der Waals surface area contributed by atoms with E-state index >= 15 is 0 Å². The van der Waals surface area contributed by atoms with Crippen LogP contribution in [-0.2, 0) is 9.59 Å². The van der Waals surface area contributed by atoms with E-state index in [0.29, 0.717) is 5.92 Å². The van der Waals surface area contributed by atoms with Gasteiger partial charge in [0.15, 0.2) is 0 Å². The molecule has 1 rings (SSSR count). The fraction of sp³-hybridized carbons (Fsp3) is 0.818. The summed E-state index contributed by atoms with van der Waals surface area (Å²) in [7, 11) is 0. The van der Waals surface area contributed by atoms with Gasteiger partial charge in [0, 0.05) is 19.0 Å². The van der Waals surface area contributed by atoms with E-state index in [1.807, 2.05) is 4.90 Å². The van der Waals surface area contributed by atoms with Gasteiger partial charge < -0.3 is 10.0 Å². The van der Waals surface area contributed by atoms with Crippen LogP contribution in [0.5, 0.6) is 0 Å². The maximum atomic E-state index is 11.9. The Hall–Kier alpha value is -1.06. The van der Waals surface area contributed by atoms with Gasteiger partial charge in [-0.25, -0.2) is 0 Å². The molecule has 1 N–H and O–H groups in total. The molecule has 1 fully saturated rings. The van der Waals surface area contributed by atoms with Crippen molar-refractivity contribution in [2.75, 3.05) is 13.1 Å². The summed E-state index contributed by atoms with van der Waals surface area (Å²) in [5, 5.41) is 8.68. The molecule has 4 heteroatoms. The number of carboxylic acids is 1. The Morgan fingerprint density at radius 1 is 1.60 bits per heavy atom. The normalized spacial score (nSPS) is 22.2. The standard InChI is InChI=1S/C11H19NO3/c1-8(2)7-12-5-3-4-9(11(12)15)6-10(13)14/h8-9H,3-7H2,1-2H3,(H,13,14). The van der Waals surface area contributed by atoms with Crippen LogP contribution < -0.4 is 0 Å². The number of nitrogens with zero attached hydrogens (tertiary/aromatic N) is 1. The van der Waals surface area contributed by atoms with Gasteiger partial charge in [-0.1, -0.05) is 13.8 Å². The van der Waals surface area contributed by atoms with Crippen LogP contribution in [0.1, 0.15) is 33.1 Å². The number of carboxylic acid groups (broad SMARTS) is 1. The summed E-state index contributed by atoms with van der Waals surface area (Å²) >= 11 is 0. The Morgan fingerprint density at radius 2 is 2.27 bits per heavy atom. The quantitative estimate of drug-likeness (QED) is 0.767. The average Bonchev–Trinajstić information content (AvgIpc) is 2.10. The maximum Gasteiger partial charge on any atom is 0.304 e. The Kier molecular flexibility index (Phi) is 4.12. The molecule has 0 radical (unpaired) electrons. The molecule has 1 unspecified atom stereocenters.